The van der Waals surface area contributed by atoms with E-state index < -0.39 is 53.2 Å². The van der Waals surface area contributed by atoms with Crippen molar-refractivity contribution in [2.24, 2.45) is 5.92 Å². The summed E-state index contributed by atoms with van der Waals surface area (Å²) in [5, 5.41) is 11.2. The van der Waals surface area contributed by atoms with Gasteiger partial charge in [-0.15, -0.1) is 4.83 Å². The van der Waals surface area contributed by atoms with E-state index >= 15 is 0 Å². The predicted octanol–water partition coefficient (Wildman–Crippen LogP) is -0.484. The SMILES string of the molecule is COC(=O)c1ccc(S(=O)(=O)NNC(=O)CC2CCS(=O)(=O)C2)c([N+](=O)[O-])c1. The Hall–Kier alpha value is -2.58. The Morgan fingerprint density at radius 2 is 2.04 bits per heavy atom. The van der Waals surface area contributed by atoms with Crippen molar-refractivity contribution in [3.63, 3.8) is 0 Å². The number of carbonyl (C=O) groups is 2. The number of amides is 1. The van der Waals surface area contributed by atoms with Crippen molar-refractivity contribution in [2.45, 2.75) is 17.7 Å². The van der Waals surface area contributed by atoms with Crippen LogP contribution < -0.4 is 10.3 Å². The highest BCUT2D eigenvalue weighted by Crippen LogP contribution is 2.25. The van der Waals surface area contributed by atoms with Crippen LogP contribution in [-0.2, 0) is 29.4 Å². The molecule has 1 aromatic rings. The zero-order chi connectivity index (χ0) is 21.1. The molecule has 2 rings (SSSR count). The maximum atomic E-state index is 12.3. The molecule has 0 saturated carbocycles. The smallest absolute Gasteiger partial charge is 0.338 e. The Kier molecular flexibility index (Phi) is 6.36. The molecule has 0 bridgehead atoms. The number of hydrogen-bond donors (Lipinski definition) is 2. The fourth-order valence-corrected chi connectivity index (χ4v) is 5.53. The number of benzene rings is 1. The number of nitro groups is 1. The zero-order valence-electron chi connectivity index (χ0n) is 14.6. The largest absolute Gasteiger partial charge is 0.465 e. The van der Waals surface area contributed by atoms with Crippen LogP contribution in [0.25, 0.3) is 0 Å². The van der Waals surface area contributed by atoms with Crippen molar-refractivity contribution in [3.05, 3.63) is 33.9 Å². The summed E-state index contributed by atoms with van der Waals surface area (Å²) in [6, 6.07) is 2.60. The molecule has 14 heteroatoms. The molecule has 12 nitrogen and oxygen atoms in total. The molecule has 1 fully saturated rings. The summed E-state index contributed by atoms with van der Waals surface area (Å²) in [6.07, 6.45) is 0.0775. The molecule has 154 valence electrons. The highest BCUT2D eigenvalue weighted by atomic mass is 32.2. The number of methoxy groups -OCH3 is 1. The summed E-state index contributed by atoms with van der Waals surface area (Å²) in [7, 11) is -6.66. The number of hydrogen-bond acceptors (Lipinski definition) is 9. The maximum Gasteiger partial charge on any atom is 0.338 e. The molecule has 28 heavy (non-hydrogen) atoms. The number of sulfone groups is 1. The van der Waals surface area contributed by atoms with Gasteiger partial charge in [0.15, 0.2) is 14.7 Å². The van der Waals surface area contributed by atoms with Gasteiger partial charge in [-0.25, -0.2) is 21.6 Å². The van der Waals surface area contributed by atoms with Gasteiger partial charge in [0.2, 0.25) is 5.91 Å². The lowest BCUT2D eigenvalue weighted by Gasteiger charge is -2.11. The molecule has 1 aromatic carbocycles. The van der Waals surface area contributed by atoms with E-state index in [0.717, 1.165) is 25.3 Å². The third kappa shape index (κ3) is 5.24. The minimum atomic E-state index is -4.53. The molecule has 1 aliphatic heterocycles. The van der Waals surface area contributed by atoms with Crippen LogP contribution in [0.15, 0.2) is 23.1 Å². The number of nitro benzene ring substituents is 1. The van der Waals surface area contributed by atoms with E-state index in [1.54, 1.807) is 4.83 Å². The molecule has 0 aliphatic carbocycles. The summed E-state index contributed by atoms with van der Waals surface area (Å²) in [6.45, 7) is 0. The lowest BCUT2D eigenvalue weighted by atomic mass is 10.1. The van der Waals surface area contributed by atoms with Crippen LogP contribution in [0.2, 0.25) is 0 Å². The maximum absolute atomic E-state index is 12.3. The van der Waals surface area contributed by atoms with Gasteiger partial charge < -0.3 is 4.74 Å². The number of nitrogens with zero attached hydrogens (tertiary/aromatic N) is 1. The van der Waals surface area contributed by atoms with Crippen molar-refractivity contribution >= 4 is 37.4 Å². The van der Waals surface area contributed by atoms with E-state index in [-0.39, 0.29) is 23.5 Å². The first-order valence-corrected chi connectivity index (χ1v) is 11.1. The first kappa shape index (κ1) is 21.7. The molecule has 1 heterocycles. The Bertz CT molecular complexity index is 1020. The number of sulfonamides is 1. The summed E-state index contributed by atoms with van der Waals surface area (Å²) >= 11 is 0. The van der Waals surface area contributed by atoms with Gasteiger partial charge in [-0.1, -0.05) is 0 Å². The van der Waals surface area contributed by atoms with Gasteiger partial charge in [0.05, 0.1) is 29.1 Å². The molecular weight excluding hydrogens is 418 g/mol. The van der Waals surface area contributed by atoms with E-state index in [4.69, 9.17) is 0 Å². The van der Waals surface area contributed by atoms with E-state index in [1.165, 1.54) is 0 Å². The second kappa shape index (κ2) is 8.20. The van der Waals surface area contributed by atoms with Gasteiger partial charge in [0, 0.05) is 12.5 Å². The summed E-state index contributed by atoms with van der Waals surface area (Å²) in [5.74, 6) is -2.29. The van der Waals surface area contributed by atoms with Crippen molar-refractivity contribution < 1.29 is 36.1 Å². The van der Waals surface area contributed by atoms with Gasteiger partial charge in [0.25, 0.3) is 15.7 Å². The Labute approximate surface area is 160 Å². The van der Waals surface area contributed by atoms with E-state index in [2.05, 4.69) is 4.74 Å². The van der Waals surface area contributed by atoms with Crippen LogP contribution in [0.1, 0.15) is 23.2 Å². The summed E-state index contributed by atoms with van der Waals surface area (Å²) in [5.41, 5.74) is 0.799. The summed E-state index contributed by atoms with van der Waals surface area (Å²) < 4.78 is 51.8. The quantitative estimate of drug-likeness (QED) is 0.325. The second-order valence-electron chi connectivity index (χ2n) is 6.06. The minimum Gasteiger partial charge on any atom is -0.465 e. The van der Waals surface area contributed by atoms with Crippen LogP contribution >= 0.6 is 0 Å². The van der Waals surface area contributed by atoms with Crippen LogP contribution in [0.3, 0.4) is 0 Å². The molecule has 1 aliphatic rings. The molecule has 1 amide bonds. The molecule has 1 saturated heterocycles. The highest BCUT2D eigenvalue weighted by molar-refractivity contribution is 7.91. The molecule has 1 unspecified atom stereocenters. The van der Waals surface area contributed by atoms with Crippen LogP contribution in [0.5, 0.6) is 0 Å². The Morgan fingerprint density at radius 3 is 2.57 bits per heavy atom. The third-order valence-electron chi connectivity index (χ3n) is 3.99. The molecule has 0 spiro atoms. The van der Waals surface area contributed by atoms with Crippen molar-refractivity contribution in [1.82, 2.24) is 10.3 Å². The van der Waals surface area contributed by atoms with Crippen LogP contribution in [0, 0.1) is 16.0 Å². The third-order valence-corrected chi connectivity index (χ3v) is 7.12. The topological polar surface area (TPSA) is 179 Å². The van der Waals surface area contributed by atoms with E-state index in [1.807, 2.05) is 5.43 Å². The van der Waals surface area contributed by atoms with Gasteiger partial charge in [0.1, 0.15) is 0 Å². The molecular formula is C14H17N3O9S2. The van der Waals surface area contributed by atoms with Gasteiger partial charge in [-0.3, -0.25) is 20.3 Å². The van der Waals surface area contributed by atoms with Crippen LogP contribution in [-0.4, -0.2) is 52.3 Å². The predicted molar refractivity (Wildman–Crippen MR) is 94.3 cm³/mol. The average molecular weight is 435 g/mol. The average Bonchev–Trinajstić information content (AvgIpc) is 2.97. The van der Waals surface area contributed by atoms with Crippen molar-refractivity contribution in [2.75, 3.05) is 18.6 Å². The van der Waals surface area contributed by atoms with Gasteiger partial charge in [-0.05, 0) is 24.5 Å². The normalized spacial score (nSPS) is 18.4. The second-order valence-corrected chi connectivity index (χ2v) is 9.94. The number of nitrogens with one attached hydrogen (secondary N) is 2. The first-order chi connectivity index (χ1) is 12.9. The highest BCUT2D eigenvalue weighted by Gasteiger charge is 2.31. The first-order valence-electron chi connectivity index (χ1n) is 7.83. The van der Waals surface area contributed by atoms with E-state index in [0.29, 0.717) is 6.42 Å². The Balaban J connectivity index is 2.12. The fourth-order valence-electron chi connectivity index (χ4n) is 2.66. The molecule has 2 N–H and O–H groups in total. The lowest BCUT2D eigenvalue weighted by molar-refractivity contribution is -0.387. The molecule has 0 aromatic heterocycles. The molecule has 0 radical (unpaired) electrons. The fraction of sp³-hybridized carbons (Fsp3) is 0.429. The monoisotopic (exact) mass is 435 g/mol. The number of ether oxygens (including phenoxy) is 1. The number of hydrazine groups is 1. The lowest BCUT2D eigenvalue weighted by Crippen LogP contribution is -2.42. The van der Waals surface area contributed by atoms with Crippen LogP contribution in [0.4, 0.5) is 5.69 Å². The zero-order valence-corrected chi connectivity index (χ0v) is 16.2. The standard InChI is InChI=1S/C14H17N3O9S2/c1-26-14(19)10-2-3-12(11(7-10)17(20)21)28(24,25)16-15-13(18)6-9-4-5-27(22,23)8-9/h2-3,7,9,16H,4-6,8H2,1H3,(H,15,18). The minimum absolute atomic E-state index is 0.0323. The molecule has 1 atom stereocenters. The van der Waals surface area contributed by atoms with Gasteiger partial charge in [-0.2, -0.15) is 0 Å². The number of carbonyl (C=O) groups excluding carboxylic acids is 2. The van der Waals surface area contributed by atoms with E-state index in [9.17, 15) is 36.5 Å². The summed E-state index contributed by atoms with van der Waals surface area (Å²) in [4.78, 5) is 34.5. The Morgan fingerprint density at radius 1 is 1.36 bits per heavy atom. The van der Waals surface area contributed by atoms with Crippen molar-refractivity contribution in [1.29, 1.82) is 0 Å². The number of rotatable bonds is 7. The number of esters is 1. The van der Waals surface area contributed by atoms with Crippen molar-refractivity contribution in [3.8, 4) is 0 Å². The van der Waals surface area contributed by atoms with Gasteiger partial charge >= 0.3 is 5.97 Å².